The van der Waals surface area contributed by atoms with E-state index in [1.807, 2.05) is 0 Å². The Bertz CT molecular complexity index is 2100. The van der Waals surface area contributed by atoms with Gasteiger partial charge in [-0.15, -0.1) is 0 Å². The lowest BCUT2D eigenvalue weighted by molar-refractivity contribution is 1.64. The number of hydrogen-bond acceptors (Lipinski definition) is 0. The van der Waals surface area contributed by atoms with E-state index >= 15 is 0 Å². The second-order valence-electron chi connectivity index (χ2n) is 10.1. The minimum Gasteiger partial charge on any atom is -0.0622 e. The lowest BCUT2D eigenvalue weighted by Crippen LogP contribution is -1.91. The molecule has 0 bridgehead atoms. The van der Waals surface area contributed by atoms with Gasteiger partial charge in [-0.25, -0.2) is 0 Å². The van der Waals surface area contributed by atoms with Crippen LogP contribution in [0.25, 0.3) is 76.5 Å². The highest BCUT2D eigenvalue weighted by atomic mass is 14.2. The van der Waals surface area contributed by atoms with Crippen LogP contribution in [-0.2, 0) is 0 Å². The molecule has 8 aromatic carbocycles. The van der Waals surface area contributed by atoms with E-state index in [2.05, 4.69) is 146 Å². The van der Waals surface area contributed by atoms with Gasteiger partial charge in [0, 0.05) is 0 Å². The first-order valence-corrected chi connectivity index (χ1v) is 13.2. The van der Waals surface area contributed by atoms with E-state index in [9.17, 15) is 0 Å². The Morgan fingerprint density at radius 1 is 0.237 bits per heavy atom. The molecule has 0 atom stereocenters. The van der Waals surface area contributed by atoms with Crippen molar-refractivity contribution in [3.8, 4) is 33.4 Å². The maximum Gasteiger partial charge on any atom is -0.00203 e. The van der Waals surface area contributed by atoms with Crippen molar-refractivity contribution in [3.63, 3.8) is 0 Å². The smallest absolute Gasteiger partial charge is 0.00203 e. The van der Waals surface area contributed by atoms with Crippen LogP contribution >= 0.6 is 0 Å². The standard InChI is InChI=1S/C38H24/c1-3-9-25(10-4-1)30-21-17-28-20-24-35-32(22-18-29-19-23-34(30)37(28)38(29)35)33-16-8-14-27-13-7-15-31(36(27)33)26-11-5-2-6-12-26/h1-24H. The number of rotatable bonds is 3. The summed E-state index contributed by atoms with van der Waals surface area (Å²) in [5, 5.41) is 10.5. The van der Waals surface area contributed by atoms with Crippen molar-refractivity contribution >= 4 is 43.1 Å². The second kappa shape index (κ2) is 8.30. The van der Waals surface area contributed by atoms with Crippen LogP contribution in [0.15, 0.2) is 146 Å². The first kappa shape index (κ1) is 21.2. The molecule has 0 aromatic heterocycles. The van der Waals surface area contributed by atoms with Crippen molar-refractivity contribution in [1.29, 1.82) is 0 Å². The third-order valence-electron chi connectivity index (χ3n) is 8.03. The summed E-state index contributed by atoms with van der Waals surface area (Å²) in [7, 11) is 0. The highest BCUT2D eigenvalue weighted by molar-refractivity contribution is 6.28. The summed E-state index contributed by atoms with van der Waals surface area (Å²) in [6.07, 6.45) is 0. The Kier molecular flexibility index (Phi) is 4.62. The molecule has 176 valence electrons. The van der Waals surface area contributed by atoms with E-state index < -0.39 is 0 Å². The fourth-order valence-corrected chi connectivity index (χ4v) is 6.33. The zero-order valence-electron chi connectivity index (χ0n) is 20.9. The first-order valence-electron chi connectivity index (χ1n) is 13.2. The summed E-state index contributed by atoms with van der Waals surface area (Å²) in [6, 6.07) is 53.2. The molecular formula is C38H24. The molecule has 0 heterocycles. The third kappa shape index (κ3) is 3.11. The fourth-order valence-electron chi connectivity index (χ4n) is 6.33. The van der Waals surface area contributed by atoms with Gasteiger partial charge < -0.3 is 0 Å². The second-order valence-corrected chi connectivity index (χ2v) is 10.1. The summed E-state index contributed by atoms with van der Waals surface area (Å²) in [5.41, 5.74) is 7.63. The summed E-state index contributed by atoms with van der Waals surface area (Å²) in [6.45, 7) is 0. The molecule has 0 heteroatoms. The molecule has 0 spiro atoms. The first-order chi connectivity index (χ1) is 18.9. The molecule has 8 rings (SSSR count). The van der Waals surface area contributed by atoms with Crippen LogP contribution in [-0.4, -0.2) is 0 Å². The lowest BCUT2D eigenvalue weighted by atomic mass is 9.85. The van der Waals surface area contributed by atoms with E-state index in [1.54, 1.807) is 0 Å². The molecular weight excluding hydrogens is 456 g/mol. The van der Waals surface area contributed by atoms with Crippen LogP contribution in [0.5, 0.6) is 0 Å². The molecule has 0 unspecified atom stereocenters. The highest BCUT2D eigenvalue weighted by Crippen LogP contribution is 2.44. The van der Waals surface area contributed by atoms with Gasteiger partial charge in [0.2, 0.25) is 0 Å². The molecule has 0 saturated heterocycles. The minimum absolute atomic E-state index is 1.25. The Labute approximate surface area is 221 Å². The van der Waals surface area contributed by atoms with Gasteiger partial charge in [-0.05, 0) is 76.5 Å². The monoisotopic (exact) mass is 480 g/mol. The van der Waals surface area contributed by atoms with Crippen LogP contribution in [0.1, 0.15) is 0 Å². The topological polar surface area (TPSA) is 0 Å². The van der Waals surface area contributed by atoms with E-state index in [0.29, 0.717) is 0 Å². The predicted molar refractivity (Wildman–Crippen MR) is 164 cm³/mol. The van der Waals surface area contributed by atoms with Crippen molar-refractivity contribution in [2.24, 2.45) is 0 Å². The van der Waals surface area contributed by atoms with Crippen LogP contribution in [0.3, 0.4) is 0 Å². The Balaban J connectivity index is 1.47. The van der Waals surface area contributed by atoms with Crippen molar-refractivity contribution in [2.75, 3.05) is 0 Å². The van der Waals surface area contributed by atoms with Gasteiger partial charge in [0.15, 0.2) is 0 Å². The lowest BCUT2D eigenvalue weighted by Gasteiger charge is -2.18. The quantitative estimate of drug-likeness (QED) is 0.221. The molecule has 0 nitrogen and oxygen atoms in total. The van der Waals surface area contributed by atoms with Crippen LogP contribution < -0.4 is 0 Å². The van der Waals surface area contributed by atoms with E-state index in [-0.39, 0.29) is 0 Å². The Hall–Kier alpha value is -4.94. The van der Waals surface area contributed by atoms with Gasteiger partial charge in [-0.3, -0.25) is 0 Å². The maximum atomic E-state index is 2.32. The molecule has 38 heavy (non-hydrogen) atoms. The summed E-state index contributed by atoms with van der Waals surface area (Å²) >= 11 is 0. The summed E-state index contributed by atoms with van der Waals surface area (Å²) < 4.78 is 0. The molecule has 0 aliphatic rings. The van der Waals surface area contributed by atoms with Crippen LogP contribution in [0.2, 0.25) is 0 Å². The van der Waals surface area contributed by atoms with Gasteiger partial charge in [-0.2, -0.15) is 0 Å². The summed E-state index contributed by atoms with van der Waals surface area (Å²) in [5.74, 6) is 0. The molecule has 8 aromatic rings. The molecule has 0 fully saturated rings. The van der Waals surface area contributed by atoms with E-state index in [4.69, 9.17) is 0 Å². The predicted octanol–water partition coefficient (Wildman–Crippen LogP) is 10.7. The third-order valence-corrected chi connectivity index (χ3v) is 8.03. The zero-order valence-corrected chi connectivity index (χ0v) is 20.9. The number of benzene rings is 8. The molecule has 0 aliphatic heterocycles. The number of fused-ring (bicyclic) bond motifs is 1. The highest BCUT2D eigenvalue weighted by Gasteiger charge is 2.17. The Morgan fingerprint density at radius 3 is 1.34 bits per heavy atom. The Morgan fingerprint density at radius 2 is 0.711 bits per heavy atom. The summed E-state index contributed by atoms with van der Waals surface area (Å²) in [4.78, 5) is 0. The van der Waals surface area contributed by atoms with Crippen molar-refractivity contribution in [1.82, 2.24) is 0 Å². The van der Waals surface area contributed by atoms with Gasteiger partial charge in [0.25, 0.3) is 0 Å². The van der Waals surface area contributed by atoms with E-state index in [1.165, 1.54) is 76.5 Å². The van der Waals surface area contributed by atoms with Gasteiger partial charge in [0.05, 0.1) is 0 Å². The SMILES string of the molecule is c1ccc(-c2ccc3ccc4c(-c5cccc6cccc(-c7ccccc7)c56)ccc5ccc2c3c54)cc1. The average Bonchev–Trinajstić information content (AvgIpc) is 3.00. The van der Waals surface area contributed by atoms with Crippen molar-refractivity contribution in [3.05, 3.63) is 146 Å². The van der Waals surface area contributed by atoms with E-state index in [0.717, 1.165) is 0 Å². The van der Waals surface area contributed by atoms with Gasteiger partial charge in [0.1, 0.15) is 0 Å². The molecule has 0 amide bonds. The molecule has 0 aliphatic carbocycles. The fraction of sp³-hybridized carbons (Fsp3) is 0. The molecule has 0 N–H and O–H groups in total. The van der Waals surface area contributed by atoms with Gasteiger partial charge >= 0.3 is 0 Å². The largest absolute Gasteiger partial charge is 0.0622 e. The molecule has 0 saturated carbocycles. The minimum atomic E-state index is 1.25. The average molecular weight is 481 g/mol. The zero-order chi connectivity index (χ0) is 25.1. The normalized spacial score (nSPS) is 11.7. The van der Waals surface area contributed by atoms with Crippen molar-refractivity contribution < 1.29 is 0 Å². The van der Waals surface area contributed by atoms with Crippen molar-refractivity contribution in [2.45, 2.75) is 0 Å². The van der Waals surface area contributed by atoms with Gasteiger partial charge in [-0.1, -0.05) is 146 Å². The maximum absolute atomic E-state index is 2.32. The number of hydrogen-bond donors (Lipinski definition) is 0. The van der Waals surface area contributed by atoms with Crippen LogP contribution in [0.4, 0.5) is 0 Å². The van der Waals surface area contributed by atoms with Crippen LogP contribution in [0, 0.1) is 0 Å². The molecule has 0 radical (unpaired) electrons.